The number of nitrogens with one attached hydrogen (secondary N) is 1. The van der Waals surface area contributed by atoms with E-state index in [1.165, 1.54) is 0 Å². The largest absolute Gasteiger partial charge is 0.324 e. The molecule has 0 spiro atoms. The highest BCUT2D eigenvalue weighted by molar-refractivity contribution is 6.30. The Labute approximate surface area is 130 Å². The molecule has 0 aliphatic carbocycles. The maximum absolute atomic E-state index is 12.6. The summed E-state index contributed by atoms with van der Waals surface area (Å²) < 4.78 is 0. The Kier molecular flexibility index (Phi) is 5.34. The molecule has 1 aromatic heterocycles. The van der Waals surface area contributed by atoms with Gasteiger partial charge in [0.1, 0.15) is 0 Å². The molecule has 2 aromatic rings. The number of amides is 1. The van der Waals surface area contributed by atoms with Gasteiger partial charge in [-0.2, -0.15) is 0 Å². The topological polar surface area (TPSA) is 42.0 Å². The fourth-order valence-corrected chi connectivity index (χ4v) is 2.47. The van der Waals surface area contributed by atoms with Crippen molar-refractivity contribution in [1.29, 1.82) is 0 Å². The lowest BCUT2D eigenvalue weighted by molar-refractivity contribution is -0.117. The zero-order chi connectivity index (χ0) is 15.2. The van der Waals surface area contributed by atoms with Gasteiger partial charge in [0.2, 0.25) is 5.91 Å². The molecule has 0 fully saturated rings. The van der Waals surface area contributed by atoms with Gasteiger partial charge in [-0.1, -0.05) is 37.1 Å². The summed E-state index contributed by atoms with van der Waals surface area (Å²) in [6.45, 7) is 4.02. The number of anilines is 1. The molecule has 3 nitrogen and oxygen atoms in total. The summed E-state index contributed by atoms with van der Waals surface area (Å²) in [4.78, 5) is 16.6. The molecule has 0 radical (unpaired) electrons. The van der Waals surface area contributed by atoms with Crippen molar-refractivity contribution in [2.24, 2.45) is 0 Å². The summed E-state index contributed by atoms with van der Waals surface area (Å²) in [5.74, 6) is -0.219. The van der Waals surface area contributed by atoms with Gasteiger partial charge in [0.05, 0.1) is 17.8 Å². The molecule has 1 unspecified atom stereocenters. The molecule has 1 N–H and O–H groups in total. The predicted molar refractivity (Wildman–Crippen MR) is 86.7 cm³/mol. The number of halogens is 1. The minimum Gasteiger partial charge on any atom is -0.324 e. The van der Waals surface area contributed by atoms with Crippen molar-refractivity contribution in [3.05, 3.63) is 58.9 Å². The molecule has 0 saturated heterocycles. The lowest BCUT2D eigenvalue weighted by Gasteiger charge is -2.17. The molecule has 2 rings (SSSR count). The van der Waals surface area contributed by atoms with Crippen LogP contribution >= 0.6 is 11.6 Å². The van der Waals surface area contributed by atoms with Crippen molar-refractivity contribution in [1.82, 2.24) is 4.98 Å². The van der Waals surface area contributed by atoms with Crippen LogP contribution in [0.2, 0.25) is 5.02 Å². The highest BCUT2D eigenvalue weighted by Gasteiger charge is 2.20. The molecule has 1 amide bonds. The summed E-state index contributed by atoms with van der Waals surface area (Å²) in [5.41, 5.74) is 2.70. The third-order valence-corrected chi connectivity index (χ3v) is 3.68. The molecule has 21 heavy (non-hydrogen) atoms. The van der Waals surface area contributed by atoms with Crippen LogP contribution in [-0.4, -0.2) is 10.9 Å². The Morgan fingerprint density at radius 1 is 1.38 bits per heavy atom. The zero-order valence-electron chi connectivity index (χ0n) is 12.3. The van der Waals surface area contributed by atoms with Gasteiger partial charge < -0.3 is 5.32 Å². The number of hydrogen-bond acceptors (Lipinski definition) is 2. The smallest absolute Gasteiger partial charge is 0.231 e. The highest BCUT2D eigenvalue weighted by atomic mass is 35.5. The predicted octanol–water partition coefficient (Wildman–Crippen LogP) is 4.57. The Morgan fingerprint density at radius 2 is 2.19 bits per heavy atom. The summed E-state index contributed by atoms with van der Waals surface area (Å²) in [6, 6.07) is 9.38. The van der Waals surface area contributed by atoms with Gasteiger partial charge >= 0.3 is 0 Å². The van der Waals surface area contributed by atoms with E-state index in [0.717, 1.165) is 29.7 Å². The van der Waals surface area contributed by atoms with E-state index in [1.807, 2.05) is 37.3 Å². The number of carbonyl (C=O) groups is 1. The Hall–Kier alpha value is -1.87. The maximum Gasteiger partial charge on any atom is 0.231 e. The van der Waals surface area contributed by atoms with Gasteiger partial charge in [0.15, 0.2) is 0 Å². The van der Waals surface area contributed by atoms with Crippen molar-refractivity contribution in [3.8, 4) is 0 Å². The number of hydrogen-bond donors (Lipinski definition) is 1. The highest BCUT2D eigenvalue weighted by Crippen LogP contribution is 2.26. The second kappa shape index (κ2) is 7.23. The number of aromatic nitrogens is 1. The van der Waals surface area contributed by atoms with Gasteiger partial charge in [-0.15, -0.1) is 0 Å². The minimum absolute atomic E-state index is 0.0183. The number of carbonyl (C=O) groups excluding carboxylic acids is 1. The van der Waals surface area contributed by atoms with E-state index in [-0.39, 0.29) is 11.8 Å². The number of nitrogens with zero attached hydrogens (tertiary/aromatic N) is 1. The van der Waals surface area contributed by atoms with E-state index in [9.17, 15) is 4.79 Å². The van der Waals surface area contributed by atoms with Crippen LogP contribution in [0.15, 0.2) is 42.7 Å². The van der Waals surface area contributed by atoms with Crippen LogP contribution in [0.1, 0.15) is 36.8 Å². The molecule has 0 aliphatic heterocycles. The van der Waals surface area contributed by atoms with Crippen LogP contribution < -0.4 is 5.32 Å². The van der Waals surface area contributed by atoms with Gasteiger partial charge in [-0.3, -0.25) is 9.78 Å². The fraction of sp³-hybridized carbons (Fsp3) is 0.294. The van der Waals surface area contributed by atoms with E-state index < -0.39 is 0 Å². The second-order valence-electron chi connectivity index (χ2n) is 5.08. The Balaban J connectivity index is 2.22. The van der Waals surface area contributed by atoms with Crippen molar-refractivity contribution in [2.75, 3.05) is 5.32 Å². The quantitative estimate of drug-likeness (QED) is 0.879. The summed E-state index contributed by atoms with van der Waals surface area (Å²) in [5, 5.41) is 3.62. The van der Waals surface area contributed by atoms with E-state index >= 15 is 0 Å². The first-order valence-corrected chi connectivity index (χ1v) is 7.46. The number of benzene rings is 1. The maximum atomic E-state index is 12.6. The van der Waals surface area contributed by atoms with Gasteiger partial charge in [-0.25, -0.2) is 0 Å². The first-order valence-electron chi connectivity index (χ1n) is 7.08. The van der Waals surface area contributed by atoms with Crippen LogP contribution in [0.25, 0.3) is 0 Å². The molecular weight excluding hydrogens is 284 g/mol. The minimum atomic E-state index is -0.201. The molecule has 1 aromatic carbocycles. The number of rotatable bonds is 5. The van der Waals surface area contributed by atoms with Gasteiger partial charge in [0, 0.05) is 11.2 Å². The number of aryl methyl sites for hydroxylation is 1. The first-order chi connectivity index (χ1) is 10.1. The summed E-state index contributed by atoms with van der Waals surface area (Å²) >= 11 is 6.04. The van der Waals surface area contributed by atoms with Crippen LogP contribution in [0.4, 0.5) is 5.69 Å². The summed E-state index contributed by atoms with van der Waals surface area (Å²) in [7, 11) is 0. The van der Waals surface area contributed by atoms with E-state index in [4.69, 9.17) is 11.6 Å². The monoisotopic (exact) mass is 302 g/mol. The van der Waals surface area contributed by atoms with Crippen molar-refractivity contribution < 1.29 is 4.79 Å². The van der Waals surface area contributed by atoms with Gasteiger partial charge in [0.25, 0.3) is 0 Å². The van der Waals surface area contributed by atoms with E-state index in [0.29, 0.717) is 5.02 Å². The van der Waals surface area contributed by atoms with Gasteiger partial charge in [-0.05, 0) is 42.7 Å². The normalized spacial score (nSPS) is 12.0. The molecule has 0 saturated carbocycles. The molecule has 0 aliphatic rings. The standard InChI is InChI=1S/C17H19ClN2O/c1-3-5-15(13-6-4-7-14(18)10-13)17(21)20-16-11-19-9-8-12(16)2/h4,6-11,15H,3,5H2,1-2H3,(H,20,21). The molecule has 1 atom stereocenters. The molecular formula is C17H19ClN2O. The van der Waals surface area contributed by atoms with Crippen molar-refractivity contribution >= 4 is 23.2 Å². The lowest BCUT2D eigenvalue weighted by Crippen LogP contribution is -2.21. The summed E-state index contributed by atoms with van der Waals surface area (Å²) in [6.07, 6.45) is 5.10. The van der Waals surface area contributed by atoms with Crippen LogP contribution in [-0.2, 0) is 4.79 Å². The van der Waals surface area contributed by atoms with E-state index in [1.54, 1.807) is 12.4 Å². The van der Waals surface area contributed by atoms with Crippen LogP contribution in [0.5, 0.6) is 0 Å². The zero-order valence-corrected chi connectivity index (χ0v) is 13.0. The molecule has 4 heteroatoms. The molecule has 0 bridgehead atoms. The number of pyridine rings is 1. The van der Waals surface area contributed by atoms with Crippen molar-refractivity contribution in [2.45, 2.75) is 32.6 Å². The third kappa shape index (κ3) is 4.05. The molecule has 110 valence electrons. The average Bonchev–Trinajstić information content (AvgIpc) is 2.47. The third-order valence-electron chi connectivity index (χ3n) is 3.44. The Bertz CT molecular complexity index is 628. The SMILES string of the molecule is CCCC(C(=O)Nc1cnccc1C)c1cccc(Cl)c1. The van der Waals surface area contributed by atoms with E-state index in [2.05, 4.69) is 17.2 Å². The molecule has 1 heterocycles. The second-order valence-corrected chi connectivity index (χ2v) is 5.51. The lowest BCUT2D eigenvalue weighted by atomic mass is 9.93. The van der Waals surface area contributed by atoms with Crippen molar-refractivity contribution in [3.63, 3.8) is 0 Å². The van der Waals surface area contributed by atoms with Crippen LogP contribution in [0, 0.1) is 6.92 Å². The van der Waals surface area contributed by atoms with Crippen LogP contribution in [0.3, 0.4) is 0 Å². The Morgan fingerprint density at radius 3 is 2.86 bits per heavy atom. The fourth-order valence-electron chi connectivity index (χ4n) is 2.28. The first kappa shape index (κ1) is 15.5. The average molecular weight is 303 g/mol.